The maximum atomic E-state index is 12.4. The predicted octanol–water partition coefficient (Wildman–Crippen LogP) is 2.19. The molecule has 0 saturated heterocycles. The number of rotatable bonds is 2. The van der Waals surface area contributed by atoms with E-state index in [1.54, 1.807) is 0 Å². The van der Waals surface area contributed by atoms with Gasteiger partial charge in [0.1, 0.15) is 11.4 Å². The van der Waals surface area contributed by atoms with E-state index in [9.17, 15) is 18.0 Å². The highest BCUT2D eigenvalue weighted by Crippen LogP contribution is 2.29. The van der Waals surface area contributed by atoms with E-state index in [4.69, 9.17) is 5.11 Å². The molecule has 0 bridgehead atoms. The first-order valence-electron chi connectivity index (χ1n) is 4.70. The average Bonchev–Trinajstić information content (AvgIpc) is 2.77. The Hall–Kier alpha value is -2.38. The molecule has 5 nitrogen and oxygen atoms in total. The smallest absolute Gasteiger partial charge is 0.433 e. The molecule has 2 aromatic rings. The molecule has 2 aromatic heterocycles. The highest BCUT2D eigenvalue weighted by atomic mass is 19.4. The van der Waals surface area contributed by atoms with E-state index < -0.39 is 17.8 Å². The number of alkyl halides is 3. The highest BCUT2D eigenvalue weighted by Gasteiger charge is 2.32. The molecule has 94 valence electrons. The number of carboxylic acid groups (broad SMARTS) is 1. The molecule has 2 N–H and O–H groups in total. The summed E-state index contributed by atoms with van der Waals surface area (Å²) in [5.74, 6) is -1.24. The van der Waals surface area contributed by atoms with Gasteiger partial charge in [0.05, 0.1) is 5.69 Å². The number of H-pyrrole nitrogens is 1. The molecule has 0 aliphatic heterocycles. The van der Waals surface area contributed by atoms with Gasteiger partial charge in [-0.25, -0.2) is 4.79 Å². The summed E-state index contributed by atoms with van der Waals surface area (Å²) in [4.78, 5) is 13.8. The Bertz CT molecular complexity index is 592. The number of aromatic nitrogens is 3. The van der Waals surface area contributed by atoms with Crippen molar-refractivity contribution < 1.29 is 23.1 Å². The molecular formula is C10H6F3N3O2. The molecule has 0 aliphatic rings. The molecule has 0 aromatic carbocycles. The van der Waals surface area contributed by atoms with Crippen molar-refractivity contribution in [2.75, 3.05) is 0 Å². The van der Waals surface area contributed by atoms with Crippen LogP contribution in [0.5, 0.6) is 0 Å². The van der Waals surface area contributed by atoms with E-state index >= 15 is 0 Å². The van der Waals surface area contributed by atoms with Gasteiger partial charge in [0.2, 0.25) is 0 Å². The Morgan fingerprint density at radius 1 is 1.33 bits per heavy atom. The first kappa shape index (κ1) is 12.1. The van der Waals surface area contributed by atoms with Crippen LogP contribution >= 0.6 is 0 Å². The van der Waals surface area contributed by atoms with Crippen molar-refractivity contribution in [2.24, 2.45) is 0 Å². The summed E-state index contributed by atoms with van der Waals surface area (Å²) in [7, 11) is 0. The van der Waals surface area contributed by atoms with E-state index in [2.05, 4.69) is 15.2 Å². The number of hydrogen-bond donors (Lipinski definition) is 2. The average molecular weight is 257 g/mol. The number of aromatic carboxylic acids is 1. The number of pyridine rings is 1. The molecule has 0 unspecified atom stereocenters. The lowest BCUT2D eigenvalue weighted by Crippen LogP contribution is -2.07. The Kier molecular flexibility index (Phi) is 2.77. The number of carboxylic acids is 1. The van der Waals surface area contributed by atoms with Crippen LogP contribution in [0.25, 0.3) is 11.3 Å². The first-order valence-corrected chi connectivity index (χ1v) is 4.70. The Balaban J connectivity index is 2.41. The molecule has 18 heavy (non-hydrogen) atoms. The minimum absolute atomic E-state index is 0.111. The summed E-state index contributed by atoms with van der Waals surface area (Å²) in [6.07, 6.45) is -3.56. The largest absolute Gasteiger partial charge is 0.477 e. The molecule has 2 heterocycles. The molecule has 0 aliphatic carbocycles. The van der Waals surface area contributed by atoms with E-state index in [1.165, 1.54) is 6.07 Å². The normalized spacial score (nSPS) is 11.5. The summed E-state index contributed by atoms with van der Waals surface area (Å²) in [6, 6.07) is 3.27. The van der Waals surface area contributed by atoms with Gasteiger partial charge < -0.3 is 5.11 Å². The molecule has 0 fully saturated rings. The standard InChI is InChI=1S/C10H6F3N3O2/c11-10(12,13)8-3-5(1-2-14-8)6-4-7(9(17)18)16-15-6/h1-4H,(H,15,16)(H,17,18). The van der Waals surface area contributed by atoms with Gasteiger partial charge in [-0.15, -0.1) is 0 Å². The summed E-state index contributed by atoms with van der Waals surface area (Å²) in [5.41, 5.74) is -1.00. The highest BCUT2D eigenvalue weighted by molar-refractivity contribution is 5.86. The Morgan fingerprint density at radius 3 is 2.61 bits per heavy atom. The second-order valence-corrected chi connectivity index (χ2v) is 3.40. The number of hydrogen-bond acceptors (Lipinski definition) is 3. The number of nitrogens with zero attached hydrogens (tertiary/aromatic N) is 2. The molecule has 2 rings (SSSR count). The second-order valence-electron chi connectivity index (χ2n) is 3.40. The summed E-state index contributed by atoms with van der Waals surface area (Å²) in [5, 5.41) is 14.5. The molecule has 0 saturated carbocycles. The van der Waals surface area contributed by atoms with Crippen LogP contribution in [-0.2, 0) is 6.18 Å². The van der Waals surface area contributed by atoms with Crippen molar-refractivity contribution in [1.82, 2.24) is 15.2 Å². The molecule has 8 heteroatoms. The maximum Gasteiger partial charge on any atom is 0.433 e. The van der Waals surface area contributed by atoms with Crippen molar-refractivity contribution in [3.8, 4) is 11.3 Å². The van der Waals surface area contributed by atoms with Crippen molar-refractivity contribution >= 4 is 5.97 Å². The van der Waals surface area contributed by atoms with E-state index in [0.717, 1.165) is 18.3 Å². The third-order valence-electron chi connectivity index (χ3n) is 2.15. The predicted molar refractivity (Wildman–Crippen MR) is 53.8 cm³/mol. The quantitative estimate of drug-likeness (QED) is 0.864. The number of aromatic amines is 1. The topological polar surface area (TPSA) is 78.9 Å². The van der Waals surface area contributed by atoms with Crippen LogP contribution in [0.2, 0.25) is 0 Å². The lowest BCUT2D eigenvalue weighted by Gasteiger charge is -2.05. The van der Waals surface area contributed by atoms with Crippen LogP contribution in [0.4, 0.5) is 13.2 Å². The van der Waals surface area contributed by atoms with Crippen LogP contribution in [0.1, 0.15) is 16.2 Å². The maximum absolute atomic E-state index is 12.4. The zero-order valence-corrected chi connectivity index (χ0v) is 8.69. The van der Waals surface area contributed by atoms with Crippen LogP contribution in [-0.4, -0.2) is 26.3 Å². The van der Waals surface area contributed by atoms with Crippen LogP contribution in [0.15, 0.2) is 24.4 Å². The summed E-state index contributed by atoms with van der Waals surface area (Å²) in [6.45, 7) is 0. The van der Waals surface area contributed by atoms with Crippen LogP contribution < -0.4 is 0 Å². The minimum atomic E-state index is -4.55. The molecular weight excluding hydrogens is 251 g/mol. The van der Waals surface area contributed by atoms with Crippen molar-refractivity contribution in [1.29, 1.82) is 0 Å². The molecule has 0 amide bonds. The third kappa shape index (κ3) is 2.31. The van der Waals surface area contributed by atoms with Gasteiger partial charge in [0, 0.05) is 11.8 Å². The molecule has 0 spiro atoms. The van der Waals surface area contributed by atoms with Crippen LogP contribution in [0, 0.1) is 0 Å². The third-order valence-corrected chi connectivity index (χ3v) is 2.15. The zero-order valence-electron chi connectivity index (χ0n) is 8.69. The summed E-state index contributed by atoms with van der Waals surface area (Å²) >= 11 is 0. The lowest BCUT2D eigenvalue weighted by atomic mass is 10.1. The van der Waals surface area contributed by atoms with E-state index in [-0.39, 0.29) is 17.0 Å². The Labute approximate surface area is 98.3 Å². The van der Waals surface area contributed by atoms with Crippen LogP contribution in [0.3, 0.4) is 0 Å². The van der Waals surface area contributed by atoms with Gasteiger partial charge in [-0.05, 0) is 18.2 Å². The monoisotopic (exact) mass is 257 g/mol. The zero-order chi connectivity index (χ0) is 13.3. The fourth-order valence-corrected chi connectivity index (χ4v) is 1.32. The van der Waals surface area contributed by atoms with Gasteiger partial charge in [-0.1, -0.05) is 0 Å². The van der Waals surface area contributed by atoms with Gasteiger partial charge in [0.15, 0.2) is 0 Å². The second kappa shape index (κ2) is 4.13. The first-order chi connectivity index (χ1) is 8.38. The van der Waals surface area contributed by atoms with Crippen molar-refractivity contribution in [3.05, 3.63) is 35.8 Å². The number of halogens is 3. The lowest BCUT2D eigenvalue weighted by molar-refractivity contribution is -0.141. The van der Waals surface area contributed by atoms with Gasteiger partial charge in [0.25, 0.3) is 0 Å². The van der Waals surface area contributed by atoms with Gasteiger partial charge in [-0.2, -0.15) is 18.3 Å². The van der Waals surface area contributed by atoms with E-state index in [1.807, 2.05) is 0 Å². The fourth-order valence-electron chi connectivity index (χ4n) is 1.32. The van der Waals surface area contributed by atoms with Crippen molar-refractivity contribution in [3.63, 3.8) is 0 Å². The number of nitrogens with one attached hydrogen (secondary N) is 1. The molecule has 0 radical (unpaired) electrons. The van der Waals surface area contributed by atoms with E-state index in [0.29, 0.717) is 0 Å². The number of carbonyl (C=O) groups is 1. The van der Waals surface area contributed by atoms with Crippen molar-refractivity contribution in [2.45, 2.75) is 6.18 Å². The summed E-state index contributed by atoms with van der Waals surface area (Å²) < 4.78 is 37.3. The van der Waals surface area contributed by atoms with Gasteiger partial charge in [-0.3, -0.25) is 10.1 Å². The van der Waals surface area contributed by atoms with Gasteiger partial charge >= 0.3 is 12.1 Å². The Morgan fingerprint density at radius 2 is 2.06 bits per heavy atom. The molecule has 0 atom stereocenters. The SMILES string of the molecule is O=C(O)c1cc(-c2ccnc(C(F)(F)F)c2)n[nH]1. The fraction of sp³-hybridized carbons (Fsp3) is 0.100. The minimum Gasteiger partial charge on any atom is -0.477 e.